The maximum atomic E-state index is 12.2. The fraction of sp³-hybridized carbons (Fsp3) is 0.429. The van der Waals surface area contributed by atoms with Crippen LogP contribution in [0.5, 0.6) is 11.5 Å². The van der Waals surface area contributed by atoms with Crippen molar-refractivity contribution in [2.45, 2.75) is 59.3 Å². The average Bonchev–Trinajstić information content (AvgIpc) is 3.35. The first-order chi connectivity index (χ1) is 16.7. The van der Waals surface area contributed by atoms with Gasteiger partial charge in [-0.15, -0.1) is 0 Å². The van der Waals surface area contributed by atoms with Crippen molar-refractivity contribution in [3.63, 3.8) is 0 Å². The first kappa shape index (κ1) is 25.3. The van der Waals surface area contributed by atoms with Crippen molar-refractivity contribution in [3.05, 3.63) is 65.4 Å². The zero-order chi connectivity index (χ0) is 24.2. The number of hydrogen-bond donors (Lipinski definition) is 1. The number of nitrogens with one attached hydrogen (secondary N) is 1. The minimum Gasteiger partial charge on any atom is -0.493 e. The van der Waals surface area contributed by atoms with Gasteiger partial charge >= 0.3 is 0 Å². The van der Waals surface area contributed by atoms with Crippen molar-refractivity contribution in [1.82, 2.24) is 10.5 Å². The molecule has 1 amide bonds. The van der Waals surface area contributed by atoms with Crippen molar-refractivity contribution >= 4 is 5.91 Å². The maximum absolute atomic E-state index is 12.2. The van der Waals surface area contributed by atoms with Crippen LogP contribution in [0.15, 0.2) is 53.1 Å². The predicted octanol–water partition coefficient (Wildman–Crippen LogP) is 6.23. The maximum Gasteiger partial charge on any atom is 0.273 e. The molecule has 0 aliphatic heterocycles. The van der Waals surface area contributed by atoms with Crippen LogP contribution < -0.4 is 14.8 Å². The summed E-state index contributed by atoms with van der Waals surface area (Å²) in [6, 6.07) is 16.1. The number of amides is 1. The highest BCUT2D eigenvalue weighted by Gasteiger charge is 2.20. The molecule has 6 nitrogen and oxygen atoms in total. The van der Waals surface area contributed by atoms with E-state index in [-0.39, 0.29) is 11.6 Å². The summed E-state index contributed by atoms with van der Waals surface area (Å²) in [4.78, 5) is 12.2. The Morgan fingerprint density at radius 3 is 2.29 bits per heavy atom. The van der Waals surface area contributed by atoms with Gasteiger partial charge in [-0.3, -0.25) is 4.79 Å². The Balaban J connectivity index is 1.97. The molecule has 0 unspecified atom stereocenters. The third kappa shape index (κ3) is 7.11. The molecule has 6 heteroatoms. The third-order valence-electron chi connectivity index (χ3n) is 5.55. The number of aryl methyl sites for hydroxylation is 2. The van der Waals surface area contributed by atoms with E-state index in [2.05, 4.69) is 54.7 Å². The first-order valence-electron chi connectivity index (χ1n) is 12.4. The normalized spacial score (nSPS) is 10.8. The molecule has 1 heterocycles. The van der Waals surface area contributed by atoms with E-state index in [4.69, 9.17) is 14.0 Å². The monoisotopic (exact) mass is 464 g/mol. The molecule has 0 saturated heterocycles. The zero-order valence-electron chi connectivity index (χ0n) is 20.6. The Kier molecular flexibility index (Phi) is 10.0. The number of benzene rings is 2. The topological polar surface area (TPSA) is 73.6 Å². The molecule has 0 bridgehead atoms. The second kappa shape index (κ2) is 13.4. The number of ether oxygens (including phenoxy) is 2. The summed E-state index contributed by atoms with van der Waals surface area (Å²) in [7, 11) is 0. The van der Waals surface area contributed by atoms with Crippen molar-refractivity contribution in [3.8, 4) is 22.8 Å². The predicted molar refractivity (Wildman–Crippen MR) is 135 cm³/mol. The number of hydrogen-bond acceptors (Lipinski definition) is 5. The van der Waals surface area contributed by atoms with Crippen LogP contribution in [0.2, 0.25) is 0 Å². The average molecular weight is 465 g/mol. The lowest BCUT2D eigenvalue weighted by atomic mass is 9.99. The molecule has 0 spiro atoms. The molecule has 0 aliphatic carbocycles. The van der Waals surface area contributed by atoms with Gasteiger partial charge < -0.3 is 19.3 Å². The molecular formula is C28H36N2O4. The van der Waals surface area contributed by atoms with Crippen LogP contribution >= 0.6 is 0 Å². The van der Waals surface area contributed by atoms with Gasteiger partial charge in [0.25, 0.3) is 5.91 Å². The van der Waals surface area contributed by atoms with Gasteiger partial charge in [0.15, 0.2) is 11.5 Å². The van der Waals surface area contributed by atoms with Crippen LogP contribution in [0.25, 0.3) is 11.3 Å². The Labute approximate surface area is 202 Å². The van der Waals surface area contributed by atoms with Crippen molar-refractivity contribution in [2.75, 3.05) is 19.8 Å². The summed E-state index contributed by atoms with van der Waals surface area (Å²) in [5.74, 6) is 1.77. The van der Waals surface area contributed by atoms with E-state index in [9.17, 15) is 4.79 Å². The van der Waals surface area contributed by atoms with Gasteiger partial charge in [0.1, 0.15) is 11.5 Å². The van der Waals surface area contributed by atoms with E-state index in [0.717, 1.165) is 55.4 Å². The van der Waals surface area contributed by atoms with E-state index in [0.29, 0.717) is 31.3 Å². The van der Waals surface area contributed by atoms with Crippen LogP contribution in [-0.2, 0) is 12.8 Å². The molecule has 3 rings (SSSR count). The number of aromatic nitrogens is 1. The number of nitrogens with zero attached hydrogens (tertiary/aromatic N) is 1. The van der Waals surface area contributed by atoms with E-state index < -0.39 is 0 Å². The summed E-state index contributed by atoms with van der Waals surface area (Å²) in [5.41, 5.74) is 3.38. The summed E-state index contributed by atoms with van der Waals surface area (Å²) < 4.78 is 17.9. The van der Waals surface area contributed by atoms with Crippen molar-refractivity contribution in [1.29, 1.82) is 0 Å². The Bertz CT molecular complexity index is 1030. The number of rotatable bonds is 14. The van der Waals surface area contributed by atoms with E-state index in [1.165, 1.54) is 5.56 Å². The second-order valence-corrected chi connectivity index (χ2v) is 8.28. The van der Waals surface area contributed by atoms with Crippen LogP contribution in [0, 0.1) is 0 Å². The Morgan fingerprint density at radius 1 is 0.912 bits per heavy atom. The molecule has 0 aliphatic rings. The smallest absolute Gasteiger partial charge is 0.273 e. The quantitative estimate of drug-likeness (QED) is 0.286. The number of carbonyl (C=O) groups is 1. The van der Waals surface area contributed by atoms with Crippen LogP contribution in [0.1, 0.15) is 68.1 Å². The lowest BCUT2D eigenvalue weighted by molar-refractivity contribution is 0.0947. The summed E-state index contributed by atoms with van der Waals surface area (Å²) >= 11 is 0. The number of unbranched alkanes of at least 4 members (excludes halogenated alkanes) is 2. The highest BCUT2D eigenvalue weighted by Crippen LogP contribution is 2.37. The molecule has 0 atom stereocenters. The molecule has 0 saturated carbocycles. The highest BCUT2D eigenvalue weighted by molar-refractivity contribution is 5.93. The van der Waals surface area contributed by atoms with Gasteiger partial charge in [0.2, 0.25) is 0 Å². The highest BCUT2D eigenvalue weighted by atomic mass is 16.5. The molecule has 2 aromatic carbocycles. The second-order valence-electron chi connectivity index (χ2n) is 8.28. The number of carbonyl (C=O) groups excluding carboxylic acids is 1. The van der Waals surface area contributed by atoms with E-state index in [1.807, 2.05) is 19.1 Å². The molecule has 0 fully saturated rings. The van der Waals surface area contributed by atoms with Crippen molar-refractivity contribution < 1.29 is 18.8 Å². The zero-order valence-corrected chi connectivity index (χ0v) is 20.6. The molecule has 182 valence electrons. The summed E-state index contributed by atoms with van der Waals surface area (Å²) in [5, 5.41) is 6.74. The standard InChI is InChI=1S/C28H36N2O4/c1-4-7-16-32-25-20-26(33-17-8-5-2)23(27-19-24(30-34-27)28(31)29-6-3)18-22(25)15-14-21-12-10-9-11-13-21/h9-13,18-20H,4-8,14-17H2,1-3H3,(H,29,31). The molecule has 1 N–H and O–H groups in total. The van der Waals surface area contributed by atoms with Crippen LogP contribution in [-0.4, -0.2) is 30.8 Å². The lowest BCUT2D eigenvalue weighted by Crippen LogP contribution is -2.22. The van der Waals surface area contributed by atoms with E-state index >= 15 is 0 Å². The van der Waals surface area contributed by atoms with Gasteiger partial charge in [0.05, 0.1) is 18.8 Å². The molecule has 1 aromatic heterocycles. The minimum atomic E-state index is -0.255. The largest absolute Gasteiger partial charge is 0.493 e. The van der Waals surface area contributed by atoms with Gasteiger partial charge in [-0.25, -0.2) is 0 Å². The Hall–Kier alpha value is -3.28. The van der Waals surface area contributed by atoms with Crippen LogP contribution in [0.4, 0.5) is 0 Å². The molecule has 0 radical (unpaired) electrons. The van der Waals surface area contributed by atoms with Gasteiger partial charge in [-0.1, -0.05) is 62.2 Å². The first-order valence-corrected chi connectivity index (χ1v) is 12.4. The van der Waals surface area contributed by atoms with Gasteiger partial charge in [-0.2, -0.15) is 0 Å². The van der Waals surface area contributed by atoms with Crippen molar-refractivity contribution in [2.24, 2.45) is 0 Å². The fourth-order valence-electron chi connectivity index (χ4n) is 3.58. The minimum absolute atomic E-state index is 0.255. The Morgan fingerprint density at radius 2 is 1.62 bits per heavy atom. The fourth-order valence-corrected chi connectivity index (χ4v) is 3.58. The summed E-state index contributed by atoms with van der Waals surface area (Å²) in [6.45, 7) is 7.93. The van der Waals surface area contributed by atoms with Gasteiger partial charge in [-0.05, 0) is 49.8 Å². The van der Waals surface area contributed by atoms with E-state index in [1.54, 1.807) is 6.07 Å². The molecule has 34 heavy (non-hydrogen) atoms. The molecular weight excluding hydrogens is 428 g/mol. The summed E-state index contributed by atoms with van der Waals surface area (Å²) in [6.07, 6.45) is 5.74. The molecule has 3 aromatic rings. The lowest BCUT2D eigenvalue weighted by Gasteiger charge is -2.17. The SMILES string of the molecule is CCCCOc1cc(OCCCC)c(-c2cc(C(=O)NCC)no2)cc1CCc1ccccc1. The third-order valence-corrected chi connectivity index (χ3v) is 5.55. The van der Waals surface area contributed by atoms with Crippen LogP contribution in [0.3, 0.4) is 0 Å². The van der Waals surface area contributed by atoms with Gasteiger partial charge in [0, 0.05) is 18.7 Å².